The van der Waals surface area contributed by atoms with E-state index in [4.69, 9.17) is 0 Å². The Kier molecular flexibility index (Phi) is 5.50. The van der Waals surface area contributed by atoms with Gasteiger partial charge in [-0.25, -0.2) is 9.97 Å². The Bertz CT molecular complexity index is 346. The molecule has 0 fully saturated rings. The Morgan fingerprint density at radius 3 is 2.59 bits per heavy atom. The van der Waals surface area contributed by atoms with Gasteiger partial charge in [0.1, 0.15) is 18.0 Å². The second-order valence-corrected chi connectivity index (χ2v) is 4.97. The number of hydrogen-bond acceptors (Lipinski definition) is 6. The highest BCUT2D eigenvalue weighted by atomic mass is 32.2. The molecular weight excluding hydrogens is 236 g/mol. The van der Waals surface area contributed by atoms with Crippen molar-refractivity contribution in [1.29, 1.82) is 0 Å². The van der Waals surface area contributed by atoms with Crippen molar-refractivity contribution in [2.24, 2.45) is 0 Å². The molecule has 96 valence electrons. The molecule has 1 aromatic rings. The zero-order chi connectivity index (χ0) is 12.7. The fraction of sp³-hybridized carbons (Fsp3) is 0.636. The maximum atomic E-state index is 10.0. The predicted octanol–water partition coefficient (Wildman–Crippen LogP) is 1.43. The first-order valence-electron chi connectivity index (χ1n) is 5.58. The minimum absolute atomic E-state index is 0.469. The molecule has 0 saturated heterocycles. The van der Waals surface area contributed by atoms with Crippen LogP contribution < -0.4 is 10.6 Å². The van der Waals surface area contributed by atoms with E-state index in [1.54, 1.807) is 11.8 Å². The number of nitrogens with one attached hydrogen (secondary N) is 2. The summed E-state index contributed by atoms with van der Waals surface area (Å²) < 4.78 is 0. The predicted molar refractivity (Wildman–Crippen MR) is 73.7 cm³/mol. The van der Waals surface area contributed by atoms with E-state index >= 15 is 0 Å². The standard InChI is InChI=1S/C11H20N4OS/c1-4-12-9-5-10(15-8-14-9)13-6-11(2,16)7-17-3/h5,8,16H,4,6-7H2,1-3H3,(H2,12,13,14,15). The normalized spacial score (nSPS) is 14.1. The van der Waals surface area contributed by atoms with E-state index in [0.29, 0.717) is 12.3 Å². The number of nitrogens with zero attached hydrogens (tertiary/aromatic N) is 2. The third kappa shape index (κ3) is 5.23. The maximum absolute atomic E-state index is 10.0. The highest BCUT2D eigenvalue weighted by molar-refractivity contribution is 7.98. The third-order valence-electron chi connectivity index (χ3n) is 2.13. The topological polar surface area (TPSA) is 70.1 Å². The molecule has 6 heteroatoms. The SMILES string of the molecule is CCNc1cc(NCC(C)(O)CSC)ncn1. The van der Waals surface area contributed by atoms with Gasteiger partial charge in [-0.15, -0.1) is 0 Å². The molecule has 17 heavy (non-hydrogen) atoms. The molecule has 0 aliphatic rings. The molecular formula is C11H20N4OS. The Hall–Kier alpha value is -1.01. The lowest BCUT2D eigenvalue weighted by molar-refractivity contribution is 0.0996. The zero-order valence-corrected chi connectivity index (χ0v) is 11.3. The van der Waals surface area contributed by atoms with Gasteiger partial charge in [-0.1, -0.05) is 0 Å². The summed E-state index contributed by atoms with van der Waals surface area (Å²) in [5, 5.41) is 16.2. The van der Waals surface area contributed by atoms with Crippen LogP contribution in [0.5, 0.6) is 0 Å². The molecule has 3 N–H and O–H groups in total. The Labute approximate surface area is 106 Å². The summed E-state index contributed by atoms with van der Waals surface area (Å²) in [6, 6.07) is 1.83. The number of thioether (sulfide) groups is 1. The van der Waals surface area contributed by atoms with Gasteiger partial charge in [-0.05, 0) is 20.1 Å². The molecule has 1 rings (SSSR count). The number of anilines is 2. The van der Waals surface area contributed by atoms with Crippen molar-refractivity contribution in [3.05, 3.63) is 12.4 Å². The summed E-state index contributed by atoms with van der Waals surface area (Å²) in [6.45, 7) is 5.11. The monoisotopic (exact) mass is 256 g/mol. The summed E-state index contributed by atoms with van der Waals surface area (Å²) in [7, 11) is 0. The van der Waals surface area contributed by atoms with Gasteiger partial charge >= 0.3 is 0 Å². The van der Waals surface area contributed by atoms with E-state index in [-0.39, 0.29) is 0 Å². The molecule has 1 heterocycles. The van der Waals surface area contributed by atoms with Crippen LogP contribution in [-0.4, -0.2) is 45.8 Å². The van der Waals surface area contributed by atoms with Crippen molar-refractivity contribution in [3.63, 3.8) is 0 Å². The number of aliphatic hydroxyl groups is 1. The van der Waals surface area contributed by atoms with Crippen LogP contribution in [0.25, 0.3) is 0 Å². The second kappa shape index (κ2) is 6.66. The first-order chi connectivity index (χ1) is 8.07. The smallest absolute Gasteiger partial charge is 0.131 e. The molecule has 1 aromatic heterocycles. The van der Waals surface area contributed by atoms with Crippen molar-refractivity contribution < 1.29 is 5.11 Å². The molecule has 0 saturated carbocycles. The van der Waals surface area contributed by atoms with Gasteiger partial charge < -0.3 is 15.7 Å². The molecule has 1 atom stereocenters. The van der Waals surface area contributed by atoms with Crippen LogP contribution in [0.2, 0.25) is 0 Å². The minimum Gasteiger partial charge on any atom is -0.387 e. The lowest BCUT2D eigenvalue weighted by atomic mass is 10.1. The van der Waals surface area contributed by atoms with Crippen LogP contribution in [0, 0.1) is 0 Å². The average Bonchev–Trinajstić information content (AvgIpc) is 2.28. The van der Waals surface area contributed by atoms with Gasteiger partial charge in [0.15, 0.2) is 0 Å². The summed E-state index contributed by atoms with van der Waals surface area (Å²) >= 11 is 1.62. The quantitative estimate of drug-likeness (QED) is 0.685. The van der Waals surface area contributed by atoms with Crippen LogP contribution in [0.4, 0.5) is 11.6 Å². The highest BCUT2D eigenvalue weighted by Gasteiger charge is 2.19. The van der Waals surface area contributed by atoms with E-state index in [1.807, 2.05) is 26.2 Å². The first kappa shape index (κ1) is 14.1. The lowest BCUT2D eigenvalue weighted by Gasteiger charge is -2.22. The van der Waals surface area contributed by atoms with Gasteiger partial charge in [0.2, 0.25) is 0 Å². The van der Waals surface area contributed by atoms with Crippen molar-refractivity contribution in [2.45, 2.75) is 19.4 Å². The van der Waals surface area contributed by atoms with E-state index < -0.39 is 5.60 Å². The maximum Gasteiger partial charge on any atom is 0.131 e. The first-order valence-corrected chi connectivity index (χ1v) is 6.98. The van der Waals surface area contributed by atoms with E-state index in [0.717, 1.165) is 18.2 Å². The van der Waals surface area contributed by atoms with Gasteiger partial charge in [-0.3, -0.25) is 0 Å². The van der Waals surface area contributed by atoms with Crippen molar-refractivity contribution in [3.8, 4) is 0 Å². The summed E-state index contributed by atoms with van der Waals surface area (Å²) in [6.07, 6.45) is 3.48. The number of rotatable bonds is 7. The van der Waals surface area contributed by atoms with E-state index in [1.165, 1.54) is 6.33 Å². The van der Waals surface area contributed by atoms with Gasteiger partial charge in [0, 0.05) is 24.9 Å². The Morgan fingerprint density at radius 2 is 2.00 bits per heavy atom. The molecule has 0 amide bonds. The zero-order valence-electron chi connectivity index (χ0n) is 10.5. The van der Waals surface area contributed by atoms with Crippen LogP contribution in [0.15, 0.2) is 12.4 Å². The van der Waals surface area contributed by atoms with Crippen molar-refractivity contribution >= 4 is 23.4 Å². The number of aromatic nitrogens is 2. The highest BCUT2D eigenvalue weighted by Crippen LogP contribution is 2.13. The van der Waals surface area contributed by atoms with Crippen molar-refractivity contribution in [2.75, 3.05) is 35.7 Å². The third-order valence-corrected chi connectivity index (χ3v) is 3.04. The lowest BCUT2D eigenvalue weighted by Crippen LogP contribution is -2.36. The van der Waals surface area contributed by atoms with Gasteiger partial charge in [-0.2, -0.15) is 11.8 Å². The van der Waals surface area contributed by atoms with Gasteiger partial charge in [0.05, 0.1) is 5.60 Å². The second-order valence-electron chi connectivity index (χ2n) is 4.10. The van der Waals surface area contributed by atoms with Crippen molar-refractivity contribution in [1.82, 2.24) is 9.97 Å². The summed E-state index contributed by atoms with van der Waals surface area (Å²) in [5.74, 6) is 2.19. The fourth-order valence-corrected chi connectivity index (χ4v) is 2.10. The van der Waals surface area contributed by atoms with Crippen LogP contribution >= 0.6 is 11.8 Å². The Balaban J connectivity index is 2.53. The summed E-state index contributed by atoms with van der Waals surface area (Å²) in [4.78, 5) is 8.19. The molecule has 0 spiro atoms. The van der Waals surface area contributed by atoms with Crippen LogP contribution in [-0.2, 0) is 0 Å². The molecule has 0 bridgehead atoms. The van der Waals surface area contributed by atoms with Crippen LogP contribution in [0.3, 0.4) is 0 Å². The average molecular weight is 256 g/mol. The van der Waals surface area contributed by atoms with E-state index in [9.17, 15) is 5.11 Å². The van der Waals surface area contributed by atoms with Gasteiger partial charge in [0.25, 0.3) is 0 Å². The fourth-order valence-electron chi connectivity index (χ4n) is 1.37. The molecule has 1 unspecified atom stereocenters. The molecule has 0 aromatic carbocycles. The minimum atomic E-state index is -0.733. The number of hydrogen-bond donors (Lipinski definition) is 3. The molecule has 5 nitrogen and oxygen atoms in total. The Morgan fingerprint density at radius 1 is 1.35 bits per heavy atom. The van der Waals surface area contributed by atoms with E-state index in [2.05, 4.69) is 20.6 Å². The molecule has 0 radical (unpaired) electrons. The van der Waals surface area contributed by atoms with Crippen LogP contribution in [0.1, 0.15) is 13.8 Å². The molecule has 0 aliphatic heterocycles. The molecule has 0 aliphatic carbocycles. The largest absolute Gasteiger partial charge is 0.387 e. The summed E-state index contributed by atoms with van der Waals surface area (Å²) in [5.41, 5.74) is -0.733.